The Morgan fingerprint density at radius 1 is 1.33 bits per heavy atom. The maximum absolute atomic E-state index is 11.8. The first-order valence-electron chi connectivity index (χ1n) is 8.18. The quantitative estimate of drug-likeness (QED) is 0.370. The van der Waals surface area contributed by atoms with Crippen molar-refractivity contribution < 1.29 is 4.79 Å². The van der Waals surface area contributed by atoms with Gasteiger partial charge in [-0.25, -0.2) is 4.98 Å². The van der Waals surface area contributed by atoms with Crippen LogP contribution < -0.4 is 16.0 Å². The Morgan fingerprint density at radius 3 is 2.71 bits per heavy atom. The highest BCUT2D eigenvalue weighted by Crippen LogP contribution is 2.14. The van der Waals surface area contributed by atoms with Crippen LogP contribution in [0.3, 0.4) is 0 Å². The molecule has 1 aromatic rings. The summed E-state index contributed by atoms with van der Waals surface area (Å²) in [6.07, 6.45) is 5.60. The highest BCUT2D eigenvalue weighted by molar-refractivity contribution is 14.0. The van der Waals surface area contributed by atoms with Crippen molar-refractivity contribution in [2.24, 2.45) is 4.99 Å². The molecule has 0 unspecified atom stereocenters. The molecule has 0 radical (unpaired) electrons. The predicted molar refractivity (Wildman–Crippen MR) is 107 cm³/mol. The largest absolute Gasteiger partial charge is 0.351 e. The summed E-state index contributed by atoms with van der Waals surface area (Å²) in [6.45, 7) is 7.72. The SMILES string of the molecule is CN=C(NCC(=O)NC(C)(C)C)NCc1cn2c(n1)CCCC2.I. The van der Waals surface area contributed by atoms with Gasteiger partial charge in [-0.2, -0.15) is 0 Å². The van der Waals surface area contributed by atoms with Gasteiger partial charge in [-0.1, -0.05) is 0 Å². The van der Waals surface area contributed by atoms with Gasteiger partial charge in [0.1, 0.15) is 5.82 Å². The lowest BCUT2D eigenvalue weighted by molar-refractivity contribution is -0.121. The van der Waals surface area contributed by atoms with E-state index in [1.54, 1.807) is 7.05 Å². The van der Waals surface area contributed by atoms with E-state index in [9.17, 15) is 4.79 Å². The number of carbonyl (C=O) groups excluding carboxylic acids is 1. The number of nitrogens with zero attached hydrogens (tertiary/aromatic N) is 3. The Hall–Kier alpha value is -1.32. The molecule has 2 heterocycles. The summed E-state index contributed by atoms with van der Waals surface area (Å²) < 4.78 is 2.23. The van der Waals surface area contributed by atoms with Crippen LogP contribution in [0.2, 0.25) is 0 Å². The van der Waals surface area contributed by atoms with Crippen LogP contribution in [0.5, 0.6) is 0 Å². The topological polar surface area (TPSA) is 83.3 Å². The van der Waals surface area contributed by atoms with Crippen LogP contribution in [0.1, 0.15) is 45.1 Å². The molecule has 0 saturated carbocycles. The molecule has 7 nitrogen and oxygen atoms in total. The van der Waals surface area contributed by atoms with Gasteiger partial charge in [-0.05, 0) is 33.6 Å². The summed E-state index contributed by atoms with van der Waals surface area (Å²) in [5.74, 6) is 1.71. The zero-order valence-electron chi connectivity index (χ0n) is 15.0. The number of hydrogen-bond acceptors (Lipinski definition) is 3. The van der Waals surface area contributed by atoms with Crippen LogP contribution in [0.25, 0.3) is 0 Å². The number of imidazole rings is 1. The lowest BCUT2D eigenvalue weighted by Gasteiger charge is -2.21. The van der Waals surface area contributed by atoms with Gasteiger partial charge in [0.15, 0.2) is 5.96 Å². The van der Waals surface area contributed by atoms with Gasteiger partial charge in [0.2, 0.25) is 5.91 Å². The van der Waals surface area contributed by atoms with Gasteiger partial charge in [0.25, 0.3) is 0 Å². The van der Waals surface area contributed by atoms with Gasteiger partial charge >= 0.3 is 0 Å². The molecule has 1 aromatic heterocycles. The molecule has 24 heavy (non-hydrogen) atoms. The van der Waals surface area contributed by atoms with E-state index in [0.29, 0.717) is 12.5 Å². The normalized spacial score (nSPS) is 14.4. The molecule has 8 heteroatoms. The summed E-state index contributed by atoms with van der Waals surface area (Å²) in [6, 6.07) is 0. The average Bonchev–Trinajstić information content (AvgIpc) is 2.88. The molecule has 0 atom stereocenters. The monoisotopic (exact) mass is 448 g/mol. The highest BCUT2D eigenvalue weighted by Gasteiger charge is 2.14. The summed E-state index contributed by atoms with van der Waals surface area (Å²) in [5, 5.41) is 9.12. The minimum atomic E-state index is -0.231. The molecular formula is C16H29IN6O. The molecule has 0 fully saturated rings. The van der Waals surface area contributed by atoms with Crippen LogP contribution in [-0.4, -0.2) is 40.5 Å². The zero-order valence-corrected chi connectivity index (χ0v) is 17.3. The Kier molecular flexibility index (Phi) is 7.98. The van der Waals surface area contributed by atoms with Crippen LogP contribution in [-0.2, 0) is 24.3 Å². The first kappa shape index (κ1) is 20.7. The number of aliphatic imine (C=N–C) groups is 1. The summed E-state index contributed by atoms with van der Waals surface area (Å²) in [7, 11) is 1.69. The van der Waals surface area contributed by atoms with Gasteiger partial charge in [0, 0.05) is 31.7 Å². The molecule has 136 valence electrons. The molecule has 0 saturated heterocycles. The van der Waals surface area contributed by atoms with Crippen molar-refractivity contribution in [2.45, 2.75) is 58.7 Å². The molecule has 0 aliphatic carbocycles. The van der Waals surface area contributed by atoms with Crippen molar-refractivity contribution in [3.05, 3.63) is 17.7 Å². The third-order valence-corrected chi connectivity index (χ3v) is 3.55. The van der Waals surface area contributed by atoms with Crippen LogP contribution in [0, 0.1) is 0 Å². The molecule has 0 aromatic carbocycles. The number of rotatable bonds is 4. The summed E-state index contributed by atoms with van der Waals surface area (Å²) in [5.41, 5.74) is 0.773. The minimum Gasteiger partial charge on any atom is -0.351 e. The number of fused-ring (bicyclic) bond motifs is 1. The van der Waals surface area contributed by atoms with E-state index in [0.717, 1.165) is 18.7 Å². The third kappa shape index (κ3) is 6.66. The Labute approximate surface area is 161 Å². The number of aromatic nitrogens is 2. The summed E-state index contributed by atoms with van der Waals surface area (Å²) >= 11 is 0. The molecule has 1 aliphatic heterocycles. The van der Waals surface area contributed by atoms with Crippen molar-refractivity contribution in [3.63, 3.8) is 0 Å². The van der Waals surface area contributed by atoms with Crippen molar-refractivity contribution >= 4 is 35.8 Å². The molecule has 2 rings (SSSR count). The standard InChI is InChI=1S/C16H28N6O.HI/c1-16(2,3)21-14(23)10-19-15(17-4)18-9-12-11-22-8-6-5-7-13(22)20-12;/h11H,5-10H2,1-4H3,(H,21,23)(H2,17,18,19);1H. The van der Waals surface area contributed by atoms with Crippen molar-refractivity contribution in [3.8, 4) is 0 Å². The second-order valence-corrected chi connectivity index (χ2v) is 6.88. The Balaban J connectivity index is 0.00000288. The van der Waals surface area contributed by atoms with E-state index >= 15 is 0 Å². The van der Waals surface area contributed by atoms with Gasteiger partial charge in [-0.15, -0.1) is 24.0 Å². The maximum atomic E-state index is 11.8. The molecule has 1 amide bonds. The third-order valence-electron chi connectivity index (χ3n) is 3.55. The number of halogens is 1. The highest BCUT2D eigenvalue weighted by atomic mass is 127. The fourth-order valence-electron chi connectivity index (χ4n) is 2.58. The van der Waals surface area contributed by atoms with Gasteiger partial charge in [0.05, 0.1) is 18.8 Å². The minimum absolute atomic E-state index is 0. The lowest BCUT2D eigenvalue weighted by atomic mass is 10.1. The second-order valence-electron chi connectivity index (χ2n) is 6.88. The first-order valence-corrected chi connectivity index (χ1v) is 8.18. The number of nitrogens with one attached hydrogen (secondary N) is 3. The first-order chi connectivity index (χ1) is 10.9. The zero-order chi connectivity index (χ0) is 16.9. The second kappa shape index (κ2) is 9.24. The summed E-state index contributed by atoms with van der Waals surface area (Å²) in [4.78, 5) is 20.6. The Morgan fingerprint density at radius 2 is 2.08 bits per heavy atom. The van der Waals surface area contributed by atoms with E-state index in [1.165, 1.54) is 18.7 Å². The number of carbonyl (C=O) groups is 1. The van der Waals surface area contributed by atoms with E-state index in [4.69, 9.17) is 0 Å². The number of guanidine groups is 1. The molecule has 3 N–H and O–H groups in total. The van der Waals surface area contributed by atoms with Gasteiger partial charge in [-0.3, -0.25) is 9.79 Å². The van der Waals surface area contributed by atoms with Crippen LogP contribution >= 0.6 is 24.0 Å². The van der Waals surface area contributed by atoms with E-state index in [1.807, 2.05) is 20.8 Å². The lowest BCUT2D eigenvalue weighted by Crippen LogP contribution is -2.48. The van der Waals surface area contributed by atoms with Crippen molar-refractivity contribution in [1.82, 2.24) is 25.5 Å². The number of amides is 1. The van der Waals surface area contributed by atoms with Crippen molar-refractivity contribution in [2.75, 3.05) is 13.6 Å². The number of aryl methyl sites for hydroxylation is 2. The van der Waals surface area contributed by atoms with E-state index in [-0.39, 0.29) is 42.0 Å². The maximum Gasteiger partial charge on any atom is 0.239 e. The Bertz CT molecular complexity index is 552. The molecular weight excluding hydrogens is 419 g/mol. The average molecular weight is 448 g/mol. The molecule has 0 bridgehead atoms. The fraction of sp³-hybridized carbons (Fsp3) is 0.688. The predicted octanol–water partition coefficient (Wildman–Crippen LogP) is 1.42. The number of hydrogen-bond donors (Lipinski definition) is 3. The van der Waals surface area contributed by atoms with Crippen LogP contribution in [0.4, 0.5) is 0 Å². The van der Waals surface area contributed by atoms with Gasteiger partial charge < -0.3 is 20.5 Å². The smallest absolute Gasteiger partial charge is 0.239 e. The van der Waals surface area contributed by atoms with Crippen molar-refractivity contribution in [1.29, 1.82) is 0 Å². The van der Waals surface area contributed by atoms with E-state index in [2.05, 4.69) is 36.7 Å². The van der Waals surface area contributed by atoms with Crippen LogP contribution in [0.15, 0.2) is 11.2 Å². The fourth-order valence-corrected chi connectivity index (χ4v) is 2.58. The van der Waals surface area contributed by atoms with E-state index < -0.39 is 0 Å². The molecule has 0 spiro atoms. The molecule has 1 aliphatic rings.